The molecular formula is C12H22O5S2. The number of thioether (sulfide) groups is 2. The van der Waals surface area contributed by atoms with Crippen LogP contribution >= 0.6 is 23.5 Å². The molecule has 0 spiro atoms. The lowest BCUT2D eigenvalue weighted by molar-refractivity contribution is -0.161. The minimum absolute atomic E-state index is 0.0321. The van der Waals surface area contributed by atoms with Crippen LogP contribution < -0.4 is 0 Å². The maximum Gasteiger partial charge on any atom is 0.164 e. The summed E-state index contributed by atoms with van der Waals surface area (Å²) in [5, 5.41) is 29.4. The lowest BCUT2D eigenvalue weighted by atomic mass is 10.0. The van der Waals surface area contributed by atoms with E-state index in [-0.39, 0.29) is 4.58 Å². The third-order valence-corrected chi connectivity index (χ3v) is 6.28. The highest BCUT2D eigenvalue weighted by Crippen LogP contribution is 2.39. The van der Waals surface area contributed by atoms with Crippen molar-refractivity contribution in [2.75, 3.05) is 18.1 Å². The Morgan fingerprint density at radius 2 is 1.74 bits per heavy atom. The van der Waals surface area contributed by atoms with Gasteiger partial charge >= 0.3 is 0 Å². The van der Waals surface area contributed by atoms with Gasteiger partial charge in [-0.15, -0.1) is 23.5 Å². The number of hydrogen-bond acceptors (Lipinski definition) is 7. The molecular weight excluding hydrogens is 288 g/mol. The van der Waals surface area contributed by atoms with Gasteiger partial charge in [0.1, 0.15) is 24.4 Å². The summed E-state index contributed by atoms with van der Waals surface area (Å²) in [6, 6.07) is 0. The van der Waals surface area contributed by atoms with Gasteiger partial charge in [-0.2, -0.15) is 0 Å². The molecule has 2 rings (SSSR count). The monoisotopic (exact) mass is 310 g/mol. The van der Waals surface area contributed by atoms with Gasteiger partial charge in [0.05, 0.1) is 11.2 Å². The smallest absolute Gasteiger partial charge is 0.164 e. The molecule has 0 radical (unpaired) electrons. The van der Waals surface area contributed by atoms with Crippen molar-refractivity contribution in [3.05, 3.63) is 0 Å². The van der Waals surface area contributed by atoms with E-state index in [9.17, 15) is 10.2 Å². The Morgan fingerprint density at radius 3 is 2.32 bits per heavy atom. The van der Waals surface area contributed by atoms with Gasteiger partial charge in [-0.25, -0.2) is 0 Å². The zero-order chi connectivity index (χ0) is 14.0. The summed E-state index contributed by atoms with van der Waals surface area (Å²) in [7, 11) is 0. The Kier molecular flexibility index (Phi) is 5.44. The normalized spacial score (nSPS) is 35.2. The second kappa shape index (κ2) is 6.51. The zero-order valence-electron chi connectivity index (χ0n) is 11.2. The summed E-state index contributed by atoms with van der Waals surface area (Å²) >= 11 is 3.43. The molecule has 2 heterocycles. The fraction of sp³-hybridized carbons (Fsp3) is 1.00. The van der Waals surface area contributed by atoms with E-state index in [1.54, 1.807) is 37.4 Å². The van der Waals surface area contributed by atoms with Gasteiger partial charge in [0.15, 0.2) is 5.79 Å². The molecule has 2 saturated heterocycles. The predicted octanol–water partition coefficient (Wildman–Crippen LogP) is 0.417. The summed E-state index contributed by atoms with van der Waals surface area (Å²) in [6.07, 6.45) is -1.92. The summed E-state index contributed by atoms with van der Waals surface area (Å²) in [6.45, 7) is 3.09. The summed E-state index contributed by atoms with van der Waals surface area (Å²) in [5.41, 5.74) is 0. The van der Waals surface area contributed by atoms with Crippen LogP contribution in [0.1, 0.15) is 20.3 Å². The number of rotatable bonds is 4. The molecule has 0 aliphatic carbocycles. The largest absolute Gasteiger partial charge is 0.394 e. The Bertz CT molecular complexity index is 296. The molecule has 4 atom stereocenters. The van der Waals surface area contributed by atoms with E-state index in [4.69, 9.17) is 14.6 Å². The quantitative estimate of drug-likeness (QED) is 0.694. The first kappa shape index (κ1) is 15.9. The zero-order valence-corrected chi connectivity index (χ0v) is 12.8. The highest BCUT2D eigenvalue weighted by molar-refractivity contribution is 8.17. The standard InChI is InChI=1S/C12H22O5S2/c1-12(2)16-9(7(14)6-13)10(17-12)8(15)11-18-4-3-5-19-11/h7-11,13-15H,3-6H2,1-2H3/t7-,8-,9+,10+/m0/s1. The molecule has 19 heavy (non-hydrogen) atoms. The van der Waals surface area contributed by atoms with Crippen LogP contribution in [0.5, 0.6) is 0 Å². The molecule has 0 aromatic rings. The van der Waals surface area contributed by atoms with Crippen molar-refractivity contribution in [3.63, 3.8) is 0 Å². The topological polar surface area (TPSA) is 79.2 Å². The number of hydrogen-bond donors (Lipinski definition) is 3. The van der Waals surface area contributed by atoms with Crippen molar-refractivity contribution in [3.8, 4) is 0 Å². The van der Waals surface area contributed by atoms with Gasteiger partial charge in [-0.05, 0) is 31.8 Å². The molecule has 2 fully saturated rings. The molecule has 3 N–H and O–H groups in total. The maximum absolute atomic E-state index is 10.5. The average molecular weight is 310 g/mol. The first-order chi connectivity index (χ1) is 8.94. The molecule has 0 aromatic heterocycles. The fourth-order valence-electron chi connectivity index (χ4n) is 2.34. The summed E-state index contributed by atoms with van der Waals surface area (Å²) in [5.74, 6) is 1.20. The molecule has 2 aliphatic heterocycles. The Labute approximate surface area is 122 Å². The van der Waals surface area contributed by atoms with Crippen LogP contribution in [0.2, 0.25) is 0 Å². The Morgan fingerprint density at radius 1 is 1.16 bits per heavy atom. The highest BCUT2D eigenvalue weighted by Gasteiger charge is 2.49. The molecule has 0 amide bonds. The third-order valence-electron chi connectivity index (χ3n) is 3.20. The average Bonchev–Trinajstić information content (AvgIpc) is 2.74. The van der Waals surface area contributed by atoms with Crippen molar-refractivity contribution < 1.29 is 24.8 Å². The van der Waals surface area contributed by atoms with Crippen molar-refractivity contribution >= 4 is 23.5 Å². The van der Waals surface area contributed by atoms with Crippen LogP contribution in [-0.2, 0) is 9.47 Å². The second-order valence-corrected chi connectivity index (χ2v) is 8.07. The van der Waals surface area contributed by atoms with Gasteiger partial charge in [-0.1, -0.05) is 0 Å². The van der Waals surface area contributed by atoms with E-state index in [1.807, 2.05) is 0 Å². The minimum atomic E-state index is -1.04. The Hall–Kier alpha value is 0.500. The van der Waals surface area contributed by atoms with Crippen LogP contribution in [-0.4, -0.2) is 68.2 Å². The maximum atomic E-state index is 10.5. The summed E-state index contributed by atoms with van der Waals surface area (Å²) < 4.78 is 11.4. The van der Waals surface area contributed by atoms with E-state index in [1.165, 1.54) is 0 Å². The Balaban J connectivity index is 2.06. The van der Waals surface area contributed by atoms with E-state index in [0.29, 0.717) is 0 Å². The molecule has 0 saturated carbocycles. The lowest BCUT2D eigenvalue weighted by Crippen LogP contribution is -2.47. The molecule has 0 bridgehead atoms. The first-order valence-electron chi connectivity index (χ1n) is 6.50. The van der Waals surface area contributed by atoms with Crippen molar-refractivity contribution in [2.24, 2.45) is 0 Å². The first-order valence-corrected chi connectivity index (χ1v) is 8.60. The van der Waals surface area contributed by atoms with Crippen LogP contribution in [0.3, 0.4) is 0 Å². The second-order valence-electron chi connectivity index (χ2n) is 5.27. The SMILES string of the molecule is CC1(C)O[C@H]([C@H](O)C2SCCCS2)[C@@H]([C@@H](O)CO)O1. The molecule has 0 unspecified atom stereocenters. The van der Waals surface area contributed by atoms with Gasteiger partial charge in [0.2, 0.25) is 0 Å². The van der Waals surface area contributed by atoms with Crippen LogP contribution in [0.4, 0.5) is 0 Å². The molecule has 0 aromatic carbocycles. The lowest BCUT2D eigenvalue weighted by Gasteiger charge is -2.31. The molecule has 5 nitrogen and oxygen atoms in total. The van der Waals surface area contributed by atoms with Gasteiger partial charge < -0.3 is 24.8 Å². The number of ether oxygens (including phenoxy) is 2. The highest BCUT2D eigenvalue weighted by atomic mass is 32.2. The number of aliphatic hydroxyl groups is 3. The van der Waals surface area contributed by atoms with Crippen LogP contribution in [0, 0.1) is 0 Å². The van der Waals surface area contributed by atoms with Gasteiger partial charge in [0.25, 0.3) is 0 Å². The third kappa shape index (κ3) is 3.78. The van der Waals surface area contributed by atoms with Gasteiger partial charge in [-0.3, -0.25) is 0 Å². The van der Waals surface area contributed by atoms with Crippen molar-refractivity contribution in [1.82, 2.24) is 0 Å². The van der Waals surface area contributed by atoms with Crippen LogP contribution in [0.25, 0.3) is 0 Å². The van der Waals surface area contributed by atoms with Crippen molar-refractivity contribution in [1.29, 1.82) is 0 Å². The molecule has 112 valence electrons. The summed E-state index contributed by atoms with van der Waals surface area (Å²) in [4.78, 5) is 0. The van der Waals surface area contributed by atoms with E-state index >= 15 is 0 Å². The number of aliphatic hydroxyl groups excluding tert-OH is 3. The fourth-order valence-corrected chi connectivity index (χ4v) is 5.28. The van der Waals surface area contributed by atoms with Crippen molar-refractivity contribution in [2.45, 2.75) is 55.1 Å². The minimum Gasteiger partial charge on any atom is -0.394 e. The predicted molar refractivity (Wildman–Crippen MR) is 76.2 cm³/mol. The molecule has 2 aliphatic rings. The molecule has 7 heteroatoms. The van der Waals surface area contributed by atoms with Gasteiger partial charge in [0, 0.05) is 0 Å². The van der Waals surface area contributed by atoms with E-state index in [2.05, 4.69) is 0 Å². The van der Waals surface area contributed by atoms with E-state index < -0.39 is 36.8 Å². The van der Waals surface area contributed by atoms with E-state index in [0.717, 1.165) is 17.9 Å². The van der Waals surface area contributed by atoms with Crippen LogP contribution in [0.15, 0.2) is 0 Å².